The highest BCUT2D eigenvalue weighted by Gasteiger charge is 2.31. The highest BCUT2D eigenvalue weighted by Crippen LogP contribution is 2.22. The van der Waals surface area contributed by atoms with E-state index in [2.05, 4.69) is 9.88 Å². The third kappa shape index (κ3) is 2.96. The lowest BCUT2D eigenvalue weighted by Crippen LogP contribution is -2.49. The van der Waals surface area contributed by atoms with Gasteiger partial charge in [-0.1, -0.05) is 0 Å². The second kappa shape index (κ2) is 5.79. The minimum absolute atomic E-state index is 0.146. The Balaban J connectivity index is 1.58. The number of aromatic nitrogens is 2. The minimum Gasteiger partial charge on any atom is -0.442 e. The number of carbonyl (C=O) groups is 1. The van der Waals surface area contributed by atoms with Crippen molar-refractivity contribution in [3.63, 3.8) is 0 Å². The van der Waals surface area contributed by atoms with Gasteiger partial charge in [0.15, 0.2) is 6.10 Å². The maximum absolute atomic E-state index is 12.1. The van der Waals surface area contributed by atoms with Gasteiger partial charge in [-0.2, -0.15) is 0 Å². The lowest BCUT2D eigenvalue weighted by atomic mass is 10.3. The van der Waals surface area contributed by atoms with Crippen LogP contribution in [0.4, 0.5) is 10.6 Å². The zero-order valence-corrected chi connectivity index (χ0v) is 12.2. The van der Waals surface area contributed by atoms with Crippen molar-refractivity contribution in [2.45, 2.75) is 12.6 Å². The lowest BCUT2D eigenvalue weighted by molar-refractivity contribution is -0.389. The van der Waals surface area contributed by atoms with Gasteiger partial charge in [-0.25, -0.2) is 4.79 Å². The average molecular weight is 311 g/mol. The Hall–Kier alpha value is -2.36. The van der Waals surface area contributed by atoms with E-state index < -0.39 is 11.0 Å². The summed E-state index contributed by atoms with van der Waals surface area (Å²) >= 11 is 0. The lowest BCUT2D eigenvalue weighted by Gasteiger charge is -2.33. The summed E-state index contributed by atoms with van der Waals surface area (Å²) in [5, 5.41) is 10.7. The third-order valence-corrected chi connectivity index (χ3v) is 3.74. The number of piperazine rings is 1. The molecule has 1 amide bonds. The van der Waals surface area contributed by atoms with Crippen LogP contribution in [0.1, 0.15) is 0 Å². The van der Waals surface area contributed by atoms with Crippen LogP contribution in [-0.4, -0.2) is 76.3 Å². The van der Waals surface area contributed by atoms with Crippen molar-refractivity contribution < 1.29 is 19.2 Å². The Morgan fingerprint density at radius 2 is 2.18 bits per heavy atom. The third-order valence-electron chi connectivity index (χ3n) is 3.74. The standard InChI is InChI=1S/C12H17N5O5/c1-14-2-4-15(5-3-14)12(18)22-9-6-16-7-10(17(19)20)13-11(16)21-8-9/h7,9H,2-6,8H2,1H3/t9-/m0/s1. The van der Waals surface area contributed by atoms with E-state index in [1.165, 1.54) is 10.8 Å². The molecule has 0 unspecified atom stereocenters. The number of nitro groups is 1. The van der Waals surface area contributed by atoms with Crippen LogP contribution in [0.5, 0.6) is 6.01 Å². The summed E-state index contributed by atoms with van der Waals surface area (Å²) in [6.45, 7) is 3.33. The number of fused-ring (bicyclic) bond motifs is 1. The highest BCUT2D eigenvalue weighted by atomic mass is 16.6. The van der Waals surface area contributed by atoms with Gasteiger partial charge in [-0.3, -0.25) is 4.57 Å². The van der Waals surface area contributed by atoms with Gasteiger partial charge in [0, 0.05) is 31.2 Å². The smallest absolute Gasteiger partial charge is 0.414 e. The zero-order chi connectivity index (χ0) is 15.7. The number of amides is 1. The zero-order valence-electron chi connectivity index (χ0n) is 12.2. The molecule has 3 heterocycles. The largest absolute Gasteiger partial charge is 0.442 e. The van der Waals surface area contributed by atoms with Crippen LogP contribution < -0.4 is 4.74 Å². The molecule has 10 heteroatoms. The second-order valence-electron chi connectivity index (χ2n) is 5.40. The van der Waals surface area contributed by atoms with Crippen molar-refractivity contribution in [2.75, 3.05) is 39.8 Å². The number of nitrogens with zero attached hydrogens (tertiary/aromatic N) is 5. The minimum atomic E-state index is -0.583. The van der Waals surface area contributed by atoms with E-state index in [9.17, 15) is 14.9 Å². The molecule has 1 fully saturated rings. The van der Waals surface area contributed by atoms with E-state index in [-0.39, 0.29) is 24.5 Å². The normalized spacial score (nSPS) is 21.9. The van der Waals surface area contributed by atoms with Gasteiger partial charge in [-0.05, 0) is 12.0 Å². The molecule has 0 aromatic carbocycles. The summed E-state index contributed by atoms with van der Waals surface area (Å²) in [6.07, 6.45) is 0.429. The number of ether oxygens (including phenoxy) is 2. The highest BCUT2D eigenvalue weighted by molar-refractivity contribution is 5.68. The molecule has 1 aromatic rings. The van der Waals surface area contributed by atoms with E-state index in [0.29, 0.717) is 19.6 Å². The van der Waals surface area contributed by atoms with Gasteiger partial charge < -0.3 is 29.4 Å². The molecule has 0 radical (unpaired) electrons. The molecule has 1 saturated heterocycles. The molecule has 2 aliphatic heterocycles. The van der Waals surface area contributed by atoms with Crippen molar-refractivity contribution in [3.05, 3.63) is 16.3 Å². The van der Waals surface area contributed by atoms with Crippen LogP contribution in [0.25, 0.3) is 0 Å². The Morgan fingerprint density at radius 1 is 1.45 bits per heavy atom. The van der Waals surface area contributed by atoms with E-state index in [4.69, 9.17) is 9.47 Å². The van der Waals surface area contributed by atoms with Crippen LogP contribution in [0, 0.1) is 10.1 Å². The summed E-state index contributed by atoms with van der Waals surface area (Å²) in [4.78, 5) is 29.7. The fourth-order valence-corrected chi connectivity index (χ4v) is 2.44. The maximum Gasteiger partial charge on any atom is 0.414 e. The first kappa shape index (κ1) is 14.6. The number of hydrogen-bond donors (Lipinski definition) is 0. The Morgan fingerprint density at radius 3 is 2.86 bits per heavy atom. The van der Waals surface area contributed by atoms with Crippen LogP contribution >= 0.6 is 0 Å². The summed E-state index contributed by atoms with van der Waals surface area (Å²) in [5.41, 5.74) is 0. The molecule has 0 aliphatic carbocycles. The van der Waals surface area contributed by atoms with Gasteiger partial charge in [0.05, 0.1) is 6.54 Å². The van der Waals surface area contributed by atoms with Gasteiger partial charge in [0.1, 0.15) is 12.8 Å². The average Bonchev–Trinajstić information content (AvgIpc) is 2.91. The van der Waals surface area contributed by atoms with Crippen LogP contribution in [-0.2, 0) is 11.3 Å². The number of hydrogen-bond acceptors (Lipinski definition) is 7. The fourth-order valence-electron chi connectivity index (χ4n) is 2.44. The van der Waals surface area contributed by atoms with Gasteiger partial charge >= 0.3 is 17.9 Å². The second-order valence-corrected chi connectivity index (χ2v) is 5.40. The maximum atomic E-state index is 12.1. The number of carbonyl (C=O) groups excluding carboxylic acids is 1. The van der Waals surface area contributed by atoms with E-state index in [1.54, 1.807) is 4.90 Å². The summed E-state index contributed by atoms with van der Waals surface area (Å²) < 4.78 is 12.2. The summed E-state index contributed by atoms with van der Waals surface area (Å²) in [5.74, 6) is -0.277. The number of rotatable bonds is 2. The Labute approximate surface area is 126 Å². The summed E-state index contributed by atoms with van der Waals surface area (Å²) in [7, 11) is 2.01. The molecule has 0 saturated carbocycles. The van der Waals surface area contributed by atoms with Crippen molar-refractivity contribution in [1.29, 1.82) is 0 Å². The molecule has 1 aromatic heterocycles. The van der Waals surface area contributed by atoms with Crippen molar-refractivity contribution in [1.82, 2.24) is 19.4 Å². The topological polar surface area (TPSA) is 103 Å². The van der Waals surface area contributed by atoms with Crippen molar-refractivity contribution in [3.8, 4) is 6.01 Å². The van der Waals surface area contributed by atoms with Crippen molar-refractivity contribution in [2.24, 2.45) is 0 Å². The molecule has 1 atom stereocenters. The molecule has 0 bridgehead atoms. The molecule has 2 aliphatic rings. The Kier molecular flexibility index (Phi) is 3.84. The predicted molar refractivity (Wildman–Crippen MR) is 73.7 cm³/mol. The van der Waals surface area contributed by atoms with E-state index in [0.717, 1.165) is 13.1 Å². The van der Waals surface area contributed by atoms with Crippen LogP contribution in [0.3, 0.4) is 0 Å². The SMILES string of the molecule is CN1CCN(C(=O)O[C@@H]2COc3nc([N+](=O)[O-])cn3C2)CC1. The molecular weight excluding hydrogens is 294 g/mol. The van der Waals surface area contributed by atoms with Gasteiger partial charge in [0.2, 0.25) is 0 Å². The molecule has 0 spiro atoms. The molecule has 3 rings (SSSR count). The predicted octanol–water partition coefficient (Wildman–Crippen LogP) is -0.0637. The van der Waals surface area contributed by atoms with E-state index in [1.807, 2.05) is 7.05 Å². The molecule has 120 valence electrons. The van der Waals surface area contributed by atoms with Crippen LogP contribution in [0.2, 0.25) is 0 Å². The van der Waals surface area contributed by atoms with Crippen molar-refractivity contribution >= 4 is 11.9 Å². The monoisotopic (exact) mass is 311 g/mol. The number of likely N-dealkylation sites (N-methyl/N-ethyl adjacent to an activating group) is 1. The molecule has 22 heavy (non-hydrogen) atoms. The first-order valence-corrected chi connectivity index (χ1v) is 7.01. The Bertz CT molecular complexity index is 580. The molecular formula is C12H17N5O5. The molecule has 0 N–H and O–H groups in total. The van der Waals surface area contributed by atoms with Crippen LogP contribution in [0.15, 0.2) is 6.20 Å². The van der Waals surface area contributed by atoms with E-state index >= 15 is 0 Å². The fraction of sp³-hybridized carbons (Fsp3) is 0.667. The van der Waals surface area contributed by atoms with Gasteiger partial charge in [-0.15, -0.1) is 0 Å². The summed E-state index contributed by atoms with van der Waals surface area (Å²) in [6, 6.07) is 0.179. The van der Waals surface area contributed by atoms with Gasteiger partial charge in [0.25, 0.3) is 0 Å². The first-order chi connectivity index (χ1) is 10.5. The molecule has 10 nitrogen and oxygen atoms in total. The number of imidazole rings is 1. The first-order valence-electron chi connectivity index (χ1n) is 7.01. The quantitative estimate of drug-likeness (QED) is 0.556.